The summed E-state index contributed by atoms with van der Waals surface area (Å²) in [5.74, 6) is 1.57. The van der Waals surface area contributed by atoms with E-state index in [-0.39, 0.29) is 5.69 Å². The van der Waals surface area contributed by atoms with Gasteiger partial charge >= 0.3 is 5.69 Å². The Balaban J connectivity index is 1.56. The molecule has 2 fully saturated rings. The molecule has 2 aliphatic rings. The molecule has 1 saturated heterocycles. The first-order valence-electron chi connectivity index (χ1n) is 9.14. The molecular formula is C17H26N6O. The molecule has 0 unspecified atom stereocenters. The van der Waals surface area contributed by atoms with E-state index in [1.807, 2.05) is 24.0 Å². The molecule has 0 aromatic carbocycles. The maximum Gasteiger partial charge on any atom is 0.346 e. The fourth-order valence-electron chi connectivity index (χ4n) is 3.69. The molecule has 130 valence electrons. The van der Waals surface area contributed by atoms with Crippen LogP contribution in [-0.2, 0) is 19.5 Å². The lowest BCUT2D eigenvalue weighted by molar-refractivity contribution is 0.362. The van der Waals surface area contributed by atoms with Crippen LogP contribution in [0.4, 0.5) is 0 Å². The van der Waals surface area contributed by atoms with Crippen molar-refractivity contribution in [1.29, 1.82) is 0 Å². The van der Waals surface area contributed by atoms with E-state index in [0.717, 1.165) is 31.0 Å². The first kappa shape index (κ1) is 15.6. The predicted molar refractivity (Wildman–Crippen MR) is 91.1 cm³/mol. The van der Waals surface area contributed by atoms with Crippen molar-refractivity contribution in [2.45, 2.75) is 58.2 Å². The third kappa shape index (κ3) is 3.05. The number of nitrogens with one attached hydrogen (secondary N) is 1. The van der Waals surface area contributed by atoms with Gasteiger partial charge in [-0.25, -0.2) is 14.5 Å². The van der Waals surface area contributed by atoms with Crippen molar-refractivity contribution >= 4 is 0 Å². The standard InChI is InChI=1S/C17H26N6O/c1-2-21-16(9-13-5-7-18-8-6-13)20-23(17(21)24)11-15-10-19-12-22(15)14-3-4-14/h10,12-14,18H,2-9,11H2,1H3. The molecular weight excluding hydrogens is 304 g/mol. The second-order valence-electron chi connectivity index (χ2n) is 7.02. The normalized spacial score (nSPS) is 19.0. The van der Waals surface area contributed by atoms with Gasteiger partial charge < -0.3 is 9.88 Å². The lowest BCUT2D eigenvalue weighted by Gasteiger charge is -2.21. The molecule has 4 rings (SSSR count). The highest BCUT2D eigenvalue weighted by Crippen LogP contribution is 2.35. The van der Waals surface area contributed by atoms with Gasteiger partial charge in [-0.1, -0.05) is 0 Å². The van der Waals surface area contributed by atoms with Crippen LogP contribution in [0.5, 0.6) is 0 Å². The minimum atomic E-state index is 0.00461. The van der Waals surface area contributed by atoms with Crippen LogP contribution in [0.15, 0.2) is 17.3 Å². The van der Waals surface area contributed by atoms with Crippen molar-refractivity contribution in [3.05, 3.63) is 34.5 Å². The van der Waals surface area contributed by atoms with Gasteiger partial charge in [-0.05, 0) is 51.6 Å². The highest BCUT2D eigenvalue weighted by Gasteiger charge is 2.26. The van der Waals surface area contributed by atoms with Crippen LogP contribution in [0, 0.1) is 5.92 Å². The monoisotopic (exact) mass is 330 g/mol. The molecule has 1 aliphatic carbocycles. The van der Waals surface area contributed by atoms with Crippen LogP contribution in [-0.4, -0.2) is 37.0 Å². The highest BCUT2D eigenvalue weighted by molar-refractivity contribution is 5.04. The molecule has 0 radical (unpaired) electrons. The molecule has 3 heterocycles. The topological polar surface area (TPSA) is 69.7 Å². The summed E-state index contributed by atoms with van der Waals surface area (Å²) in [7, 11) is 0. The molecule has 1 aliphatic heterocycles. The molecule has 24 heavy (non-hydrogen) atoms. The van der Waals surface area contributed by atoms with Gasteiger partial charge in [0.15, 0.2) is 0 Å². The van der Waals surface area contributed by atoms with Gasteiger partial charge in [0.2, 0.25) is 0 Å². The number of imidazole rings is 1. The van der Waals surface area contributed by atoms with Crippen molar-refractivity contribution in [2.24, 2.45) is 5.92 Å². The largest absolute Gasteiger partial charge is 0.346 e. The second-order valence-corrected chi connectivity index (χ2v) is 7.02. The molecule has 7 heteroatoms. The van der Waals surface area contributed by atoms with Gasteiger partial charge in [-0.15, -0.1) is 0 Å². The van der Waals surface area contributed by atoms with Crippen LogP contribution in [0.1, 0.15) is 50.2 Å². The molecule has 0 atom stereocenters. The lowest BCUT2D eigenvalue weighted by Crippen LogP contribution is -2.30. The summed E-state index contributed by atoms with van der Waals surface area (Å²) < 4.78 is 5.65. The molecule has 2 aromatic rings. The maximum absolute atomic E-state index is 12.7. The van der Waals surface area contributed by atoms with Crippen molar-refractivity contribution in [3.63, 3.8) is 0 Å². The van der Waals surface area contributed by atoms with Crippen molar-refractivity contribution in [3.8, 4) is 0 Å². The Labute approximate surface area is 141 Å². The number of aromatic nitrogens is 5. The van der Waals surface area contributed by atoms with Gasteiger partial charge in [0.25, 0.3) is 0 Å². The summed E-state index contributed by atoms with van der Waals surface area (Å²) >= 11 is 0. The minimum Gasteiger partial charge on any atom is -0.330 e. The summed E-state index contributed by atoms with van der Waals surface area (Å²) in [6, 6.07) is 0.570. The van der Waals surface area contributed by atoms with Crippen LogP contribution in [0.3, 0.4) is 0 Å². The summed E-state index contributed by atoms with van der Waals surface area (Å²) in [6.45, 7) is 5.36. The quantitative estimate of drug-likeness (QED) is 0.864. The molecule has 7 nitrogen and oxygen atoms in total. The zero-order valence-electron chi connectivity index (χ0n) is 14.3. The van der Waals surface area contributed by atoms with Gasteiger partial charge in [-0.3, -0.25) is 4.57 Å². The lowest BCUT2D eigenvalue weighted by atomic mass is 9.94. The van der Waals surface area contributed by atoms with E-state index in [2.05, 4.69) is 20.0 Å². The van der Waals surface area contributed by atoms with E-state index in [9.17, 15) is 4.79 Å². The van der Waals surface area contributed by atoms with E-state index in [1.54, 1.807) is 4.68 Å². The summed E-state index contributed by atoms with van der Waals surface area (Å²) in [5, 5.41) is 8.07. The van der Waals surface area contributed by atoms with Crippen LogP contribution in [0.2, 0.25) is 0 Å². The summed E-state index contributed by atoms with van der Waals surface area (Å²) in [4.78, 5) is 17.0. The molecule has 1 N–H and O–H groups in total. The number of hydrogen-bond acceptors (Lipinski definition) is 4. The first-order valence-corrected chi connectivity index (χ1v) is 9.14. The van der Waals surface area contributed by atoms with E-state index < -0.39 is 0 Å². The minimum absolute atomic E-state index is 0.00461. The number of hydrogen-bond donors (Lipinski definition) is 1. The Morgan fingerprint density at radius 2 is 2.04 bits per heavy atom. The Kier molecular flexibility index (Phi) is 4.26. The van der Waals surface area contributed by atoms with E-state index in [1.165, 1.54) is 25.7 Å². The van der Waals surface area contributed by atoms with Gasteiger partial charge in [0.05, 0.1) is 24.8 Å². The second kappa shape index (κ2) is 6.55. The smallest absolute Gasteiger partial charge is 0.330 e. The predicted octanol–water partition coefficient (Wildman–Crippen LogP) is 1.19. The van der Waals surface area contributed by atoms with Crippen molar-refractivity contribution < 1.29 is 0 Å². The van der Waals surface area contributed by atoms with E-state index in [0.29, 0.717) is 25.0 Å². The molecule has 2 aromatic heterocycles. The number of rotatable bonds is 6. The van der Waals surface area contributed by atoms with Gasteiger partial charge in [0.1, 0.15) is 5.82 Å². The maximum atomic E-state index is 12.7. The average Bonchev–Trinajstić information content (AvgIpc) is 3.27. The Hall–Kier alpha value is -1.89. The zero-order chi connectivity index (χ0) is 16.5. The highest BCUT2D eigenvalue weighted by atomic mass is 16.2. The summed E-state index contributed by atoms with van der Waals surface area (Å²) in [6.07, 6.45) is 9.40. The van der Waals surface area contributed by atoms with Gasteiger partial charge in [0, 0.05) is 19.0 Å². The Morgan fingerprint density at radius 3 is 2.75 bits per heavy atom. The third-order valence-corrected chi connectivity index (χ3v) is 5.24. The molecule has 0 spiro atoms. The van der Waals surface area contributed by atoms with E-state index >= 15 is 0 Å². The molecule has 1 saturated carbocycles. The fourth-order valence-corrected chi connectivity index (χ4v) is 3.69. The van der Waals surface area contributed by atoms with Crippen LogP contribution >= 0.6 is 0 Å². The Morgan fingerprint density at radius 1 is 1.25 bits per heavy atom. The SMILES string of the molecule is CCn1c(CC2CCNCC2)nn(Cc2cncn2C2CC2)c1=O. The van der Waals surface area contributed by atoms with Crippen molar-refractivity contribution in [1.82, 2.24) is 29.2 Å². The van der Waals surface area contributed by atoms with E-state index in [4.69, 9.17) is 0 Å². The van der Waals surface area contributed by atoms with Crippen molar-refractivity contribution in [2.75, 3.05) is 13.1 Å². The van der Waals surface area contributed by atoms with Gasteiger partial charge in [-0.2, -0.15) is 5.10 Å². The zero-order valence-corrected chi connectivity index (χ0v) is 14.3. The van der Waals surface area contributed by atoms with Crippen LogP contribution < -0.4 is 11.0 Å². The molecule has 0 bridgehead atoms. The Bertz CT molecular complexity index is 747. The molecule has 0 amide bonds. The number of nitrogens with zero attached hydrogens (tertiary/aromatic N) is 5. The average molecular weight is 330 g/mol. The fraction of sp³-hybridized carbons (Fsp3) is 0.706. The first-order chi connectivity index (χ1) is 11.8. The number of piperidine rings is 1. The summed E-state index contributed by atoms with van der Waals surface area (Å²) in [5.41, 5.74) is 1.08. The third-order valence-electron chi connectivity index (χ3n) is 5.24. The van der Waals surface area contributed by atoms with Crippen LogP contribution in [0.25, 0.3) is 0 Å².